The number of carbonyl (C=O) groups is 1. The van der Waals surface area contributed by atoms with E-state index in [9.17, 15) is 4.79 Å². The van der Waals surface area contributed by atoms with Gasteiger partial charge in [0.15, 0.2) is 0 Å². The molecule has 2 aromatic carbocycles. The zero-order valence-corrected chi connectivity index (χ0v) is 18.6. The van der Waals surface area contributed by atoms with Gasteiger partial charge < -0.3 is 9.47 Å². The lowest BCUT2D eigenvalue weighted by Gasteiger charge is -2.38. The molecule has 0 spiro atoms. The number of hydrogen-bond donors (Lipinski definition) is 0. The van der Waals surface area contributed by atoms with Crippen LogP contribution in [-0.4, -0.2) is 51.4 Å². The average Bonchev–Trinajstić information content (AvgIpc) is 3.10. The van der Waals surface area contributed by atoms with Gasteiger partial charge in [-0.3, -0.25) is 9.69 Å². The van der Waals surface area contributed by atoms with E-state index >= 15 is 0 Å². The van der Waals surface area contributed by atoms with Gasteiger partial charge in [-0.2, -0.15) is 0 Å². The summed E-state index contributed by atoms with van der Waals surface area (Å²) in [5, 5.41) is 0.701. The third kappa shape index (κ3) is 4.23. The van der Waals surface area contributed by atoms with Gasteiger partial charge in [0.05, 0.1) is 17.1 Å². The minimum atomic E-state index is 0.0498. The first-order chi connectivity index (χ1) is 14.4. The van der Waals surface area contributed by atoms with Crippen molar-refractivity contribution in [2.24, 2.45) is 5.92 Å². The van der Waals surface area contributed by atoms with Crippen molar-refractivity contribution in [2.45, 2.75) is 33.4 Å². The van der Waals surface area contributed by atoms with Crippen LogP contribution in [0.4, 0.5) is 0 Å². The van der Waals surface area contributed by atoms with Crippen LogP contribution >= 0.6 is 11.6 Å². The van der Waals surface area contributed by atoms with Crippen molar-refractivity contribution in [3.63, 3.8) is 0 Å². The van der Waals surface area contributed by atoms with Crippen LogP contribution in [0.25, 0.3) is 11.0 Å². The van der Waals surface area contributed by atoms with Crippen molar-refractivity contribution in [1.82, 2.24) is 19.4 Å². The fraction of sp³-hybridized carbons (Fsp3) is 0.417. The molecular weight excluding hydrogens is 396 g/mol. The molecule has 1 unspecified atom stereocenters. The maximum absolute atomic E-state index is 12.3. The first kappa shape index (κ1) is 20.9. The third-order valence-corrected chi connectivity index (χ3v) is 6.20. The van der Waals surface area contributed by atoms with E-state index in [1.807, 2.05) is 36.9 Å². The Hall–Kier alpha value is -2.37. The van der Waals surface area contributed by atoms with E-state index in [4.69, 9.17) is 16.6 Å². The van der Waals surface area contributed by atoms with E-state index < -0.39 is 0 Å². The molecule has 158 valence electrons. The number of piperazine rings is 1. The number of rotatable bonds is 5. The SMILES string of the molecule is CC(C)C(=O)N1CCN(C(C)c2nc3cc(Cl)ccc3n2Cc2ccccc2)CC1. The number of carbonyl (C=O) groups excluding carboxylic acids is 1. The molecule has 0 bridgehead atoms. The van der Waals surface area contributed by atoms with E-state index in [2.05, 4.69) is 46.7 Å². The highest BCUT2D eigenvalue weighted by molar-refractivity contribution is 6.31. The summed E-state index contributed by atoms with van der Waals surface area (Å²) in [6.07, 6.45) is 0. The predicted molar refractivity (Wildman–Crippen MR) is 122 cm³/mol. The Morgan fingerprint density at radius 2 is 1.73 bits per heavy atom. The van der Waals surface area contributed by atoms with Gasteiger partial charge in [-0.05, 0) is 30.7 Å². The number of aromatic nitrogens is 2. The molecule has 1 aliphatic rings. The summed E-state index contributed by atoms with van der Waals surface area (Å²) in [6, 6.07) is 16.5. The molecule has 1 aromatic heterocycles. The normalized spacial score (nSPS) is 16.4. The van der Waals surface area contributed by atoms with Gasteiger partial charge in [0.2, 0.25) is 5.91 Å². The maximum Gasteiger partial charge on any atom is 0.225 e. The Kier molecular flexibility index (Phi) is 6.11. The van der Waals surface area contributed by atoms with Crippen LogP contribution in [0.3, 0.4) is 0 Å². The van der Waals surface area contributed by atoms with Crippen LogP contribution in [0, 0.1) is 5.92 Å². The predicted octanol–water partition coefficient (Wildman–Crippen LogP) is 4.60. The first-order valence-electron chi connectivity index (χ1n) is 10.7. The summed E-state index contributed by atoms with van der Waals surface area (Å²) in [7, 11) is 0. The van der Waals surface area contributed by atoms with Gasteiger partial charge in [-0.15, -0.1) is 0 Å². The van der Waals surface area contributed by atoms with E-state index in [0.29, 0.717) is 5.02 Å². The van der Waals surface area contributed by atoms with Crippen molar-refractivity contribution in [3.8, 4) is 0 Å². The maximum atomic E-state index is 12.3. The zero-order valence-electron chi connectivity index (χ0n) is 17.9. The number of nitrogens with zero attached hydrogens (tertiary/aromatic N) is 4. The number of amides is 1. The smallest absolute Gasteiger partial charge is 0.225 e. The summed E-state index contributed by atoms with van der Waals surface area (Å²) >= 11 is 6.24. The second-order valence-corrected chi connectivity index (χ2v) is 8.80. The van der Waals surface area contributed by atoms with E-state index in [1.165, 1.54) is 5.56 Å². The highest BCUT2D eigenvalue weighted by Gasteiger charge is 2.28. The minimum absolute atomic E-state index is 0.0498. The van der Waals surface area contributed by atoms with Gasteiger partial charge >= 0.3 is 0 Å². The lowest BCUT2D eigenvalue weighted by atomic mass is 10.1. The van der Waals surface area contributed by atoms with Crippen molar-refractivity contribution in [2.75, 3.05) is 26.2 Å². The molecule has 6 heteroatoms. The highest BCUT2D eigenvalue weighted by Crippen LogP contribution is 2.28. The van der Waals surface area contributed by atoms with Crippen molar-refractivity contribution < 1.29 is 4.79 Å². The van der Waals surface area contributed by atoms with Crippen molar-refractivity contribution in [3.05, 3.63) is 64.9 Å². The summed E-state index contributed by atoms with van der Waals surface area (Å²) < 4.78 is 2.30. The van der Waals surface area contributed by atoms with Crippen molar-refractivity contribution in [1.29, 1.82) is 0 Å². The molecule has 2 heterocycles. The lowest BCUT2D eigenvalue weighted by molar-refractivity contribution is -0.136. The first-order valence-corrected chi connectivity index (χ1v) is 11.0. The van der Waals surface area contributed by atoms with Gasteiger partial charge in [-0.1, -0.05) is 55.8 Å². The van der Waals surface area contributed by atoms with E-state index in [1.54, 1.807) is 0 Å². The summed E-state index contributed by atoms with van der Waals surface area (Å²) in [5.74, 6) is 1.34. The number of hydrogen-bond acceptors (Lipinski definition) is 3. The van der Waals surface area contributed by atoms with Crippen LogP contribution in [0.15, 0.2) is 48.5 Å². The van der Waals surface area contributed by atoms with Crippen LogP contribution < -0.4 is 0 Å². The molecule has 1 atom stereocenters. The average molecular weight is 425 g/mol. The standard InChI is InChI=1S/C24H29ClN4O/c1-17(2)24(30)28-13-11-27(12-14-28)18(3)23-26-21-15-20(25)9-10-22(21)29(23)16-19-7-5-4-6-8-19/h4-10,15,17-18H,11-14,16H2,1-3H3. The Labute approximate surface area is 183 Å². The van der Waals surface area contributed by atoms with E-state index in [0.717, 1.165) is 49.6 Å². The molecule has 30 heavy (non-hydrogen) atoms. The molecule has 3 aromatic rings. The number of imidazole rings is 1. The molecule has 5 nitrogen and oxygen atoms in total. The summed E-state index contributed by atoms with van der Waals surface area (Å²) in [5.41, 5.74) is 3.26. The molecule has 4 rings (SSSR count). The Balaban J connectivity index is 1.61. The third-order valence-electron chi connectivity index (χ3n) is 5.96. The second-order valence-electron chi connectivity index (χ2n) is 8.37. The number of benzene rings is 2. The highest BCUT2D eigenvalue weighted by atomic mass is 35.5. The van der Waals surface area contributed by atoms with Crippen LogP contribution in [-0.2, 0) is 11.3 Å². The van der Waals surface area contributed by atoms with Crippen LogP contribution in [0.1, 0.15) is 38.2 Å². The second kappa shape index (κ2) is 8.78. The molecule has 0 N–H and O–H groups in total. The van der Waals surface area contributed by atoms with Crippen LogP contribution in [0.2, 0.25) is 5.02 Å². The van der Waals surface area contributed by atoms with Gasteiger partial charge in [-0.25, -0.2) is 4.98 Å². The molecule has 1 aliphatic heterocycles. The zero-order chi connectivity index (χ0) is 21.3. The Morgan fingerprint density at radius 3 is 2.40 bits per heavy atom. The number of fused-ring (bicyclic) bond motifs is 1. The van der Waals surface area contributed by atoms with E-state index in [-0.39, 0.29) is 17.9 Å². The lowest BCUT2D eigenvalue weighted by Crippen LogP contribution is -2.50. The molecule has 1 fully saturated rings. The monoisotopic (exact) mass is 424 g/mol. The van der Waals surface area contributed by atoms with Gasteiger partial charge in [0.25, 0.3) is 0 Å². The molecule has 1 saturated heterocycles. The fourth-order valence-electron chi connectivity index (χ4n) is 4.23. The Bertz CT molecular complexity index is 1020. The summed E-state index contributed by atoms with van der Waals surface area (Å²) in [6.45, 7) is 10.2. The molecule has 0 aliphatic carbocycles. The molecule has 0 radical (unpaired) electrons. The largest absolute Gasteiger partial charge is 0.340 e. The minimum Gasteiger partial charge on any atom is -0.340 e. The molecule has 1 amide bonds. The van der Waals surface area contributed by atoms with Crippen molar-refractivity contribution >= 4 is 28.5 Å². The molecular formula is C24H29ClN4O. The van der Waals surface area contributed by atoms with Crippen LogP contribution in [0.5, 0.6) is 0 Å². The fourth-order valence-corrected chi connectivity index (χ4v) is 4.40. The van der Waals surface area contributed by atoms with Gasteiger partial charge in [0, 0.05) is 43.7 Å². The number of halogens is 1. The topological polar surface area (TPSA) is 41.4 Å². The van der Waals surface area contributed by atoms with Gasteiger partial charge in [0.1, 0.15) is 5.82 Å². The molecule has 0 saturated carbocycles. The summed E-state index contributed by atoms with van der Waals surface area (Å²) in [4.78, 5) is 21.7. The quantitative estimate of drug-likeness (QED) is 0.601. The Morgan fingerprint density at radius 1 is 1.03 bits per heavy atom.